The molecule has 1 nitrogen and oxygen atoms in total. The van der Waals surface area contributed by atoms with Crippen LogP contribution in [0.3, 0.4) is 0 Å². The van der Waals surface area contributed by atoms with Gasteiger partial charge in [-0.3, -0.25) is 0 Å². The van der Waals surface area contributed by atoms with Crippen molar-refractivity contribution < 1.29 is 0 Å². The summed E-state index contributed by atoms with van der Waals surface area (Å²) in [7, 11) is 0. The Morgan fingerprint density at radius 3 is 1.66 bits per heavy atom. The lowest BCUT2D eigenvalue weighted by Crippen LogP contribution is -2.55. The van der Waals surface area contributed by atoms with E-state index < -0.39 is 0 Å². The number of hydrogen-bond acceptors (Lipinski definition) is 1. The summed E-state index contributed by atoms with van der Waals surface area (Å²) in [5.41, 5.74) is 15.0. The molecule has 0 saturated heterocycles. The highest BCUT2D eigenvalue weighted by atomic mass is 15.1. The lowest BCUT2D eigenvalue weighted by Gasteiger charge is -2.61. The molecule has 1 spiro atoms. The van der Waals surface area contributed by atoms with Gasteiger partial charge in [-0.15, -0.1) is 0 Å². The molecule has 4 bridgehead atoms. The summed E-state index contributed by atoms with van der Waals surface area (Å²) < 4.78 is 0. The molecule has 0 radical (unpaired) electrons. The largest absolute Gasteiger partial charge is 0.310 e. The molecule has 0 aromatic heterocycles. The summed E-state index contributed by atoms with van der Waals surface area (Å²) in [5.74, 6) is 3.47. The highest BCUT2D eigenvalue weighted by Crippen LogP contribution is 2.69. The second-order valence-corrected chi connectivity index (χ2v) is 14.6. The van der Waals surface area contributed by atoms with E-state index in [1.807, 2.05) is 0 Å². The minimum atomic E-state index is 0.198. The van der Waals surface area contributed by atoms with Crippen molar-refractivity contribution in [3.05, 3.63) is 163 Å². The van der Waals surface area contributed by atoms with E-state index in [-0.39, 0.29) is 5.41 Å². The van der Waals surface area contributed by atoms with Gasteiger partial charge in [0, 0.05) is 22.5 Å². The molecule has 6 aromatic carbocycles. The molecule has 6 aromatic rings. The van der Waals surface area contributed by atoms with Gasteiger partial charge in [0.05, 0.1) is 0 Å². The first-order chi connectivity index (χ1) is 23.3. The highest BCUT2D eigenvalue weighted by Gasteiger charge is 2.61. The monoisotopic (exact) mass is 605 g/mol. The van der Waals surface area contributed by atoms with Gasteiger partial charge in [-0.05, 0) is 143 Å². The molecule has 5 aliphatic rings. The fourth-order valence-corrected chi connectivity index (χ4v) is 10.6. The molecule has 0 heterocycles. The van der Waals surface area contributed by atoms with Crippen LogP contribution >= 0.6 is 0 Å². The zero-order chi connectivity index (χ0) is 31.0. The predicted octanol–water partition coefficient (Wildman–Crippen LogP) is 12.2. The topological polar surface area (TPSA) is 3.24 Å². The van der Waals surface area contributed by atoms with Crippen LogP contribution in [0.15, 0.2) is 152 Å². The number of rotatable bonds is 5. The van der Waals surface area contributed by atoms with Gasteiger partial charge < -0.3 is 4.90 Å². The van der Waals surface area contributed by atoms with E-state index in [2.05, 4.69) is 157 Å². The Hall–Kier alpha value is -4.88. The van der Waals surface area contributed by atoms with Crippen molar-refractivity contribution in [1.29, 1.82) is 0 Å². The third-order valence-corrected chi connectivity index (χ3v) is 12.2. The number of benzene rings is 6. The minimum Gasteiger partial charge on any atom is -0.310 e. The second kappa shape index (κ2) is 10.6. The van der Waals surface area contributed by atoms with Gasteiger partial charge >= 0.3 is 0 Å². The molecule has 0 unspecified atom stereocenters. The molecule has 0 aliphatic heterocycles. The maximum absolute atomic E-state index is 2.60. The Bertz CT molecular complexity index is 2060. The SMILES string of the molecule is c1ccc(-c2cccc(N(c3ccccc3)c3ccc(-c4ccc5c(c4)C4(c6ccccc6-5)C5CC6CC(C5)CC4C6)cc3)c2)cc1. The molecule has 1 heteroatoms. The van der Waals surface area contributed by atoms with Crippen molar-refractivity contribution in [2.24, 2.45) is 23.7 Å². The van der Waals surface area contributed by atoms with Gasteiger partial charge in [0.15, 0.2) is 0 Å². The molecular weight excluding hydrogens is 567 g/mol. The number of hydrogen-bond donors (Lipinski definition) is 0. The predicted molar refractivity (Wildman–Crippen MR) is 195 cm³/mol. The summed E-state index contributed by atoms with van der Waals surface area (Å²) in [6, 6.07) is 56.4. The Morgan fingerprint density at radius 2 is 0.915 bits per heavy atom. The maximum atomic E-state index is 2.60. The van der Waals surface area contributed by atoms with Crippen LogP contribution in [0.2, 0.25) is 0 Å². The molecule has 47 heavy (non-hydrogen) atoms. The van der Waals surface area contributed by atoms with E-state index in [0.717, 1.165) is 40.7 Å². The molecule has 5 aliphatic carbocycles. The lowest BCUT2D eigenvalue weighted by atomic mass is 9.43. The first kappa shape index (κ1) is 27.3. The first-order valence-corrected chi connectivity index (χ1v) is 17.6. The average molecular weight is 606 g/mol. The van der Waals surface area contributed by atoms with Gasteiger partial charge in [0.25, 0.3) is 0 Å². The standard InChI is InChI=1S/C46H39N/c1-3-10-33(11-4-1)35-12-9-15-41(29-35)47(39-13-5-2-6-14-39)40-21-18-34(19-22-40)36-20-23-43-42-16-7-8-17-44(42)46(45(43)30-36)37-25-31-24-32(27-37)28-38(46)26-31/h1-23,29-32,37-38H,24-28H2. The van der Waals surface area contributed by atoms with Gasteiger partial charge in [0.2, 0.25) is 0 Å². The average Bonchev–Trinajstić information content (AvgIpc) is 3.42. The van der Waals surface area contributed by atoms with E-state index in [1.165, 1.54) is 65.5 Å². The summed E-state index contributed by atoms with van der Waals surface area (Å²) in [4.78, 5) is 2.37. The number of fused-ring (bicyclic) bond motifs is 3. The van der Waals surface area contributed by atoms with Crippen molar-refractivity contribution in [2.75, 3.05) is 4.90 Å². The molecule has 4 fully saturated rings. The quantitative estimate of drug-likeness (QED) is 0.189. The van der Waals surface area contributed by atoms with Gasteiger partial charge in [0.1, 0.15) is 0 Å². The Kier molecular flexibility index (Phi) is 6.13. The van der Waals surface area contributed by atoms with Crippen molar-refractivity contribution in [1.82, 2.24) is 0 Å². The zero-order valence-electron chi connectivity index (χ0n) is 26.7. The van der Waals surface area contributed by atoms with E-state index >= 15 is 0 Å². The Morgan fingerprint density at radius 1 is 0.383 bits per heavy atom. The van der Waals surface area contributed by atoms with Crippen molar-refractivity contribution in [2.45, 2.75) is 37.5 Å². The Balaban J connectivity index is 1.05. The van der Waals surface area contributed by atoms with Crippen LogP contribution in [-0.4, -0.2) is 0 Å². The summed E-state index contributed by atoms with van der Waals surface area (Å²) in [5, 5.41) is 0. The number of anilines is 3. The first-order valence-electron chi connectivity index (χ1n) is 17.6. The summed E-state index contributed by atoms with van der Waals surface area (Å²) >= 11 is 0. The highest BCUT2D eigenvalue weighted by molar-refractivity contribution is 5.86. The number of para-hydroxylation sites is 1. The van der Waals surface area contributed by atoms with Crippen LogP contribution in [0.5, 0.6) is 0 Å². The van der Waals surface area contributed by atoms with Gasteiger partial charge in [-0.2, -0.15) is 0 Å². The van der Waals surface area contributed by atoms with E-state index in [4.69, 9.17) is 0 Å². The molecule has 0 N–H and O–H groups in total. The fraction of sp³-hybridized carbons (Fsp3) is 0.217. The Labute approximate surface area is 278 Å². The van der Waals surface area contributed by atoms with Gasteiger partial charge in [-0.25, -0.2) is 0 Å². The van der Waals surface area contributed by atoms with Crippen LogP contribution in [0.1, 0.15) is 43.2 Å². The van der Waals surface area contributed by atoms with E-state index in [9.17, 15) is 0 Å². The minimum absolute atomic E-state index is 0.198. The van der Waals surface area contributed by atoms with E-state index in [1.54, 1.807) is 11.1 Å². The summed E-state index contributed by atoms with van der Waals surface area (Å²) in [6.45, 7) is 0. The third kappa shape index (κ3) is 4.15. The van der Waals surface area contributed by atoms with Crippen LogP contribution in [0.4, 0.5) is 17.1 Å². The number of nitrogens with zero attached hydrogens (tertiary/aromatic N) is 1. The third-order valence-electron chi connectivity index (χ3n) is 12.2. The molecular formula is C46H39N. The van der Waals surface area contributed by atoms with Gasteiger partial charge in [-0.1, -0.05) is 109 Å². The summed E-state index contributed by atoms with van der Waals surface area (Å²) in [6.07, 6.45) is 7.16. The van der Waals surface area contributed by atoms with Crippen LogP contribution in [0.25, 0.3) is 33.4 Å². The molecule has 0 amide bonds. The van der Waals surface area contributed by atoms with E-state index in [0.29, 0.717) is 0 Å². The van der Waals surface area contributed by atoms with Crippen LogP contribution in [0, 0.1) is 23.7 Å². The molecule has 0 atom stereocenters. The fourth-order valence-electron chi connectivity index (χ4n) is 10.6. The second-order valence-electron chi connectivity index (χ2n) is 14.6. The molecule has 228 valence electrons. The van der Waals surface area contributed by atoms with Crippen molar-refractivity contribution >= 4 is 17.1 Å². The zero-order valence-corrected chi connectivity index (χ0v) is 26.7. The molecule has 4 saturated carbocycles. The normalized spacial score (nSPS) is 24.7. The molecule has 11 rings (SSSR count). The van der Waals surface area contributed by atoms with Crippen molar-refractivity contribution in [3.63, 3.8) is 0 Å². The van der Waals surface area contributed by atoms with Crippen molar-refractivity contribution in [3.8, 4) is 33.4 Å². The van der Waals surface area contributed by atoms with Crippen LogP contribution < -0.4 is 4.90 Å². The maximum Gasteiger partial charge on any atom is 0.0467 e. The smallest absolute Gasteiger partial charge is 0.0467 e. The lowest BCUT2D eigenvalue weighted by molar-refractivity contribution is -0.0399. The van der Waals surface area contributed by atoms with Crippen LogP contribution in [-0.2, 0) is 5.41 Å².